The number of nitrogens with zero attached hydrogens (tertiary/aromatic N) is 6. The number of benzene rings is 1. The first-order valence-corrected chi connectivity index (χ1v) is 11.0. The molecule has 3 rings (SSSR count). The molecule has 1 N–H and O–H groups in total. The zero-order valence-corrected chi connectivity index (χ0v) is 19.6. The molecule has 10 nitrogen and oxygen atoms in total. The van der Waals surface area contributed by atoms with Crippen LogP contribution in [0.2, 0.25) is 0 Å². The number of amides is 1. The minimum Gasteiger partial charge on any atom is -0.475 e. The highest BCUT2D eigenvalue weighted by Crippen LogP contribution is 2.20. The summed E-state index contributed by atoms with van der Waals surface area (Å²) >= 11 is 0. The maximum atomic E-state index is 12.8. The van der Waals surface area contributed by atoms with Crippen LogP contribution in [0, 0.1) is 12.0 Å². The van der Waals surface area contributed by atoms with Crippen LogP contribution in [0.3, 0.4) is 0 Å². The van der Waals surface area contributed by atoms with E-state index in [1.54, 1.807) is 18.3 Å². The molecule has 0 spiro atoms. The van der Waals surface area contributed by atoms with Gasteiger partial charge in [0.05, 0.1) is 13.2 Å². The first-order chi connectivity index (χ1) is 16.4. The van der Waals surface area contributed by atoms with Crippen molar-refractivity contribution in [2.24, 2.45) is 5.41 Å². The second-order valence-corrected chi connectivity index (χ2v) is 8.73. The molecule has 10 heteroatoms. The van der Waals surface area contributed by atoms with Gasteiger partial charge in [0.1, 0.15) is 12.6 Å². The van der Waals surface area contributed by atoms with E-state index in [1.165, 1.54) is 4.68 Å². The lowest BCUT2D eigenvalue weighted by atomic mass is 9.95. The Morgan fingerprint density at radius 2 is 1.91 bits per heavy atom. The topological polar surface area (TPSA) is 108 Å². The van der Waals surface area contributed by atoms with Crippen LogP contribution in [-0.4, -0.2) is 50.9 Å². The number of pyridine rings is 1. The fourth-order valence-electron chi connectivity index (χ4n) is 3.03. The van der Waals surface area contributed by atoms with Crippen LogP contribution in [0.1, 0.15) is 44.2 Å². The fraction of sp³-hybridized carbons (Fsp3) is 0.417. The second-order valence-electron chi connectivity index (χ2n) is 8.73. The van der Waals surface area contributed by atoms with E-state index in [0.717, 1.165) is 5.56 Å². The largest absolute Gasteiger partial charge is 0.475 e. The Kier molecular flexibility index (Phi) is 8.65. The van der Waals surface area contributed by atoms with E-state index < -0.39 is 17.5 Å². The van der Waals surface area contributed by atoms with Crippen LogP contribution in [-0.2, 0) is 16.1 Å². The lowest BCUT2D eigenvalue weighted by molar-refractivity contribution is -0.130. The third-order valence-electron chi connectivity index (χ3n) is 4.92. The zero-order valence-electron chi connectivity index (χ0n) is 19.6. The van der Waals surface area contributed by atoms with Gasteiger partial charge in [-0.2, -0.15) is 0 Å². The Balaban J connectivity index is 1.79. The van der Waals surface area contributed by atoms with Crippen molar-refractivity contribution in [3.05, 3.63) is 77.5 Å². The number of aromatic nitrogens is 5. The lowest BCUT2D eigenvalue weighted by Crippen LogP contribution is -2.41. The van der Waals surface area contributed by atoms with Gasteiger partial charge in [-0.1, -0.05) is 57.2 Å². The van der Waals surface area contributed by atoms with Gasteiger partial charge in [-0.15, -0.1) is 5.10 Å². The van der Waals surface area contributed by atoms with Crippen molar-refractivity contribution in [3.63, 3.8) is 0 Å². The molecule has 0 fully saturated rings. The van der Waals surface area contributed by atoms with Gasteiger partial charge >= 0.3 is 0 Å². The zero-order chi connectivity index (χ0) is 24.4. The van der Waals surface area contributed by atoms with E-state index in [4.69, 9.17) is 16.0 Å². The molecular formula is C24H29N7O3. The molecule has 0 aliphatic rings. The summed E-state index contributed by atoms with van der Waals surface area (Å²) in [4.78, 5) is 20.5. The van der Waals surface area contributed by atoms with Gasteiger partial charge in [0.25, 0.3) is 0 Å². The predicted octanol–water partition coefficient (Wildman–Crippen LogP) is 3.03. The fourth-order valence-corrected chi connectivity index (χ4v) is 3.03. The van der Waals surface area contributed by atoms with Gasteiger partial charge in [-0.25, -0.2) is 16.2 Å². The van der Waals surface area contributed by atoms with Crippen molar-refractivity contribution in [2.75, 3.05) is 19.8 Å². The summed E-state index contributed by atoms with van der Waals surface area (Å²) in [6.07, 6.45) is 1.63. The van der Waals surface area contributed by atoms with Gasteiger partial charge in [0.2, 0.25) is 18.3 Å². The minimum absolute atomic E-state index is 0.0929. The number of rotatable bonds is 11. The molecule has 0 saturated carbocycles. The van der Waals surface area contributed by atoms with Crippen molar-refractivity contribution in [1.29, 1.82) is 0 Å². The number of ether oxygens (including phenoxy) is 2. The Hall–Kier alpha value is -3.84. The molecule has 2 aromatic heterocycles. The number of carbonyl (C=O) groups is 1. The lowest BCUT2D eigenvalue weighted by Gasteiger charge is -2.24. The molecule has 178 valence electrons. The van der Waals surface area contributed by atoms with Crippen LogP contribution in [0.5, 0.6) is 5.88 Å². The molecular weight excluding hydrogens is 434 g/mol. The Morgan fingerprint density at radius 3 is 2.59 bits per heavy atom. The highest BCUT2D eigenvalue weighted by atomic mass is 16.5. The van der Waals surface area contributed by atoms with Gasteiger partial charge in [-0.3, -0.25) is 4.79 Å². The highest BCUT2D eigenvalue weighted by Gasteiger charge is 2.31. The van der Waals surface area contributed by atoms with E-state index in [0.29, 0.717) is 18.3 Å². The Labute approximate surface area is 199 Å². The van der Waals surface area contributed by atoms with Crippen LogP contribution in [0.15, 0.2) is 54.7 Å². The van der Waals surface area contributed by atoms with Crippen molar-refractivity contribution in [2.45, 2.75) is 39.5 Å². The summed E-state index contributed by atoms with van der Waals surface area (Å²) in [5.74, 6) is 0.668. The number of hydrogen-bond donors (Lipinski definition) is 1. The van der Waals surface area contributed by atoms with Crippen LogP contribution in [0.25, 0.3) is 4.85 Å². The molecule has 0 aliphatic heterocycles. The van der Waals surface area contributed by atoms with Gasteiger partial charge in [0, 0.05) is 17.7 Å². The summed E-state index contributed by atoms with van der Waals surface area (Å²) in [5, 5.41) is 15.1. The van der Waals surface area contributed by atoms with Gasteiger partial charge < -0.3 is 19.6 Å². The first kappa shape index (κ1) is 24.8. The maximum Gasteiger partial charge on any atom is 0.240 e. The molecule has 0 unspecified atom stereocenters. The van der Waals surface area contributed by atoms with Gasteiger partial charge in [0.15, 0.2) is 11.9 Å². The molecule has 0 bridgehead atoms. The minimum atomic E-state index is -0.617. The molecule has 3 aromatic rings. The molecule has 2 atom stereocenters. The SMILES string of the molecule is [C-]#[N+]C[C@H](COc1ccccn1)n1nnnc1[C@@H](COCc1ccccc1)NC(=O)C(C)(C)C. The number of tetrazole rings is 1. The smallest absolute Gasteiger partial charge is 0.240 e. The monoisotopic (exact) mass is 463 g/mol. The summed E-state index contributed by atoms with van der Waals surface area (Å²) in [5.41, 5.74) is 0.395. The first-order valence-electron chi connectivity index (χ1n) is 11.0. The number of carbonyl (C=O) groups excluding carboxylic acids is 1. The van der Waals surface area contributed by atoms with Crippen molar-refractivity contribution in [1.82, 2.24) is 30.5 Å². The number of hydrogen-bond acceptors (Lipinski definition) is 7. The van der Waals surface area contributed by atoms with Crippen molar-refractivity contribution in [3.8, 4) is 5.88 Å². The van der Waals surface area contributed by atoms with Gasteiger partial charge in [-0.05, 0) is 22.1 Å². The molecule has 1 aromatic carbocycles. The van der Waals surface area contributed by atoms with E-state index in [1.807, 2.05) is 57.2 Å². The Bertz CT molecular complexity index is 1080. The molecule has 1 amide bonds. The molecule has 34 heavy (non-hydrogen) atoms. The van der Waals surface area contributed by atoms with E-state index in [9.17, 15) is 4.79 Å². The number of nitrogens with one attached hydrogen (secondary N) is 1. The summed E-state index contributed by atoms with van der Waals surface area (Å²) in [6.45, 7) is 13.6. The standard InChI is InChI=1S/C24H29N7O3/c1-24(2,3)23(32)27-20(17-33-15-18-10-6-5-7-11-18)22-28-29-30-31(22)19(14-25-4)16-34-21-12-8-9-13-26-21/h5-13,19-20H,14-17H2,1-3H3,(H,27,32)/t19-,20-/m1/s1. The van der Waals surface area contributed by atoms with Crippen LogP contribution < -0.4 is 10.1 Å². The molecule has 2 heterocycles. The van der Waals surface area contributed by atoms with Crippen LogP contribution in [0.4, 0.5) is 0 Å². The average molecular weight is 464 g/mol. The van der Waals surface area contributed by atoms with E-state index >= 15 is 0 Å². The highest BCUT2D eigenvalue weighted by molar-refractivity contribution is 5.81. The normalized spacial score (nSPS) is 13.0. The summed E-state index contributed by atoms with van der Waals surface area (Å²) in [6, 6.07) is 14.0. The van der Waals surface area contributed by atoms with Crippen LogP contribution >= 0.6 is 0 Å². The maximum absolute atomic E-state index is 12.8. The molecule has 0 radical (unpaired) electrons. The summed E-state index contributed by atoms with van der Waals surface area (Å²) in [7, 11) is 0. The third-order valence-corrected chi connectivity index (χ3v) is 4.92. The van der Waals surface area contributed by atoms with Crippen molar-refractivity contribution < 1.29 is 14.3 Å². The van der Waals surface area contributed by atoms with Crippen molar-refractivity contribution >= 4 is 5.91 Å². The molecule has 0 saturated heterocycles. The summed E-state index contributed by atoms with van der Waals surface area (Å²) < 4.78 is 13.2. The second kappa shape index (κ2) is 11.9. The van der Waals surface area contributed by atoms with E-state index in [2.05, 4.69) is 30.7 Å². The Morgan fingerprint density at radius 1 is 1.15 bits per heavy atom. The predicted molar refractivity (Wildman–Crippen MR) is 124 cm³/mol. The third kappa shape index (κ3) is 7.08. The molecule has 0 aliphatic carbocycles. The van der Waals surface area contributed by atoms with E-state index in [-0.39, 0.29) is 25.7 Å². The quantitative estimate of drug-likeness (QED) is 0.436. The average Bonchev–Trinajstić information content (AvgIpc) is 3.31.